The van der Waals surface area contributed by atoms with Crippen LogP contribution >= 0.6 is 22.7 Å². The van der Waals surface area contributed by atoms with E-state index in [1.54, 1.807) is 12.1 Å². The average molecular weight is 449 g/mol. The molecule has 0 fully saturated rings. The van der Waals surface area contributed by atoms with Crippen LogP contribution in [0.5, 0.6) is 0 Å². The third-order valence-corrected chi connectivity index (χ3v) is 6.97. The number of thiazole rings is 1. The van der Waals surface area contributed by atoms with Gasteiger partial charge in [0.05, 0.1) is 22.2 Å². The van der Waals surface area contributed by atoms with E-state index in [0.29, 0.717) is 31.7 Å². The molecule has 0 bridgehead atoms. The summed E-state index contributed by atoms with van der Waals surface area (Å²) in [5, 5.41) is 3.77. The fraction of sp³-hybridized carbons (Fsp3) is 0.0909. The van der Waals surface area contributed by atoms with Crippen LogP contribution in [0.1, 0.15) is 21.0 Å². The molecule has 31 heavy (non-hydrogen) atoms. The smallest absolute Gasteiger partial charge is 0.293 e. The maximum absolute atomic E-state index is 12.8. The molecule has 7 nitrogen and oxygen atoms in total. The number of anilines is 1. The molecule has 0 aliphatic carbocycles. The summed E-state index contributed by atoms with van der Waals surface area (Å²) in [5.74, 6) is 0.218. The number of aromatic nitrogens is 3. The van der Waals surface area contributed by atoms with Crippen molar-refractivity contribution >= 4 is 43.9 Å². The van der Waals surface area contributed by atoms with Crippen molar-refractivity contribution in [3.63, 3.8) is 0 Å². The number of benzene rings is 1. The second-order valence-corrected chi connectivity index (χ2v) is 9.07. The zero-order chi connectivity index (χ0) is 21.5. The molecular formula is C22H16N4O3S2. The number of carbonyl (C=O) groups excluding carboxylic acids is 1. The van der Waals surface area contributed by atoms with Crippen molar-refractivity contribution in [2.24, 2.45) is 0 Å². The van der Waals surface area contributed by atoms with Crippen molar-refractivity contribution < 1.29 is 9.21 Å². The van der Waals surface area contributed by atoms with Crippen molar-refractivity contribution in [2.45, 2.75) is 13.8 Å². The van der Waals surface area contributed by atoms with Crippen LogP contribution in [0.2, 0.25) is 0 Å². The topological polar surface area (TPSA) is 101 Å². The number of carbonyl (C=O) groups is 1. The van der Waals surface area contributed by atoms with Gasteiger partial charge in [0.1, 0.15) is 4.83 Å². The second-order valence-electron chi connectivity index (χ2n) is 6.87. The summed E-state index contributed by atoms with van der Waals surface area (Å²) in [6.07, 6.45) is 1.44. The average Bonchev–Trinajstić information content (AvgIpc) is 3.49. The lowest BCUT2D eigenvalue weighted by molar-refractivity contribution is 0.0996. The molecule has 0 spiro atoms. The Morgan fingerprint density at radius 3 is 2.61 bits per heavy atom. The molecule has 5 rings (SSSR count). The summed E-state index contributed by atoms with van der Waals surface area (Å²) in [5.41, 5.74) is 2.25. The highest BCUT2D eigenvalue weighted by atomic mass is 32.1. The van der Waals surface area contributed by atoms with E-state index in [-0.39, 0.29) is 11.3 Å². The largest absolute Gasteiger partial charge is 0.459 e. The molecule has 0 unspecified atom stereocenters. The molecule has 154 valence electrons. The molecule has 2 N–H and O–H groups in total. The first-order valence-corrected chi connectivity index (χ1v) is 11.1. The van der Waals surface area contributed by atoms with Gasteiger partial charge in [0.25, 0.3) is 11.5 Å². The number of aromatic amines is 1. The fourth-order valence-corrected chi connectivity index (χ4v) is 5.21. The highest BCUT2D eigenvalue weighted by Gasteiger charge is 2.21. The Morgan fingerprint density at radius 2 is 1.87 bits per heavy atom. The first-order chi connectivity index (χ1) is 15.0. The lowest BCUT2D eigenvalue weighted by Crippen LogP contribution is -2.10. The Hall–Kier alpha value is -3.56. The number of fused-ring (bicyclic) bond motifs is 1. The number of furan rings is 1. The van der Waals surface area contributed by atoms with E-state index >= 15 is 0 Å². The minimum absolute atomic E-state index is 0.185. The van der Waals surface area contributed by atoms with Gasteiger partial charge >= 0.3 is 0 Å². The predicted octanol–water partition coefficient (Wildman–Crippen LogP) is 5.24. The molecule has 0 saturated carbocycles. The molecule has 0 aliphatic rings. The zero-order valence-corrected chi connectivity index (χ0v) is 18.2. The first kappa shape index (κ1) is 19.4. The van der Waals surface area contributed by atoms with Gasteiger partial charge < -0.3 is 9.40 Å². The molecule has 4 heterocycles. The van der Waals surface area contributed by atoms with E-state index in [9.17, 15) is 9.59 Å². The van der Waals surface area contributed by atoms with Gasteiger partial charge in [-0.25, -0.2) is 9.97 Å². The lowest BCUT2D eigenvalue weighted by Gasteiger charge is -2.02. The molecule has 0 saturated heterocycles. The molecule has 4 aromatic heterocycles. The van der Waals surface area contributed by atoms with Crippen LogP contribution < -0.4 is 10.9 Å². The molecule has 9 heteroatoms. The van der Waals surface area contributed by atoms with Gasteiger partial charge in [-0.2, -0.15) is 0 Å². The van der Waals surface area contributed by atoms with Crippen molar-refractivity contribution in [1.29, 1.82) is 0 Å². The van der Waals surface area contributed by atoms with Crippen LogP contribution in [0.15, 0.2) is 57.9 Å². The Balaban J connectivity index is 1.65. The Kier molecular flexibility index (Phi) is 4.76. The third-order valence-electron chi connectivity index (χ3n) is 4.89. The third kappa shape index (κ3) is 3.47. The highest BCUT2D eigenvalue weighted by Crippen LogP contribution is 2.38. The number of nitrogens with zero attached hydrogens (tertiary/aromatic N) is 2. The van der Waals surface area contributed by atoms with E-state index < -0.39 is 5.91 Å². The van der Waals surface area contributed by atoms with E-state index in [2.05, 4.69) is 15.3 Å². The summed E-state index contributed by atoms with van der Waals surface area (Å²) in [6.45, 7) is 3.90. The molecule has 0 atom stereocenters. The summed E-state index contributed by atoms with van der Waals surface area (Å²) < 4.78 is 5.16. The molecule has 0 aliphatic heterocycles. The van der Waals surface area contributed by atoms with E-state index in [1.165, 1.54) is 28.9 Å². The van der Waals surface area contributed by atoms with Gasteiger partial charge in [0.2, 0.25) is 0 Å². The quantitative estimate of drug-likeness (QED) is 0.392. The lowest BCUT2D eigenvalue weighted by atomic mass is 10.1. The van der Waals surface area contributed by atoms with Crippen LogP contribution in [-0.2, 0) is 0 Å². The van der Waals surface area contributed by atoms with Crippen LogP contribution in [0.4, 0.5) is 5.13 Å². The Bertz CT molecular complexity index is 1460. The summed E-state index contributed by atoms with van der Waals surface area (Å²) in [4.78, 5) is 39.9. The van der Waals surface area contributed by atoms with Gasteiger partial charge in [-0.3, -0.25) is 14.9 Å². The van der Waals surface area contributed by atoms with Gasteiger partial charge in [0.15, 0.2) is 16.7 Å². The predicted molar refractivity (Wildman–Crippen MR) is 123 cm³/mol. The van der Waals surface area contributed by atoms with Crippen molar-refractivity contribution in [2.75, 3.05) is 5.32 Å². The monoisotopic (exact) mass is 448 g/mol. The molecular weight excluding hydrogens is 432 g/mol. The second kappa shape index (κ2) is 7.60. The number of aryl methyl sites for hydroxylation is 2. The van der Waals surface area contributed by atoms with E-state index in [4.69, 9.17) is 9.40 Å². The number of amides is 1. The Morgan fingerprint density at radius 1 is 1.06 bits per heavy atom. The van der Waals surface area contributed by atoms with Crippen molar-refractivity contribution in [1.82, 2.24) is 15.0 Å². The normalized spacial score (nSPS) is 11.2. The highest BCUT2D eigenvalue weighted by molar-refractivity contribution is 7.20. The van der Waals surface area contributed by atoms with Crippen LogP contribution in [0.25, 0.3) is 32.2 Å². The number of hydrogen-bond acceptors (Lipinski definition) is 7. The van der Waals surface area contributed by atoms with Gasteiger partial charge in [0, 0.05) is 10.4 Å². The van der Waals surface area contributed by atoms with Crippen LogP contribution in [0, 0.1) is 13.8 Å². The molecule has 1 aromatic carbocycles. The summed E-state index contributed by atoms with van der Waals surface area (Å²) >= 11 is 2.74. The van der Waals surface area contributed by atoms with Crippen molar-refractivity contribution in [3.8, 4) is 22.0 Å². The Labute approximate surface area is 184 Å². The zero-order valence-electron chi connectivity index (χ0n) is 16.6. The SMILES string of the molecule is Cc1sc2nc(-c3sc(NC(=O)c4ccco4)nc3-c3ccccc3)[nH]c(=O)c2c1C. The standard InChI is InChI=1S/C22H16N4O3S2/c1-11-12(2)30-21-15(11)20(28)24-18(25-21)17-16(13-7-4-3-5-8-13)23-22(31-17)26-19(27)14-9-6-10-29-14/h3-10H,1-2H3,(H,23,26,27)(H,24,25,28). The molecule has 0 radical (unpaired) electrons. The van der Waals surface area contributed by atoms with E-state index in [0.717, 1.165) is 16.0 Å². The van der Waals surface area contributed by atoms with E-state index in [1.807, 2.05) is 44.2 Å². The molecule has 5 aromatic rings. The number of H-pyrrole nitrogens is 1. The van der Waals surface area contributed by atoms with Gasteiger partial charge in [-0.05, 0) is 31.5 Å². The van der Waals surface area contributed by atoms with Gasteiger partial charge in [-0.15, -0.1) is 11.3 Å². The number of hydrogen-bond donors (Lipinski definition) is 2. The van der Waals surface area contributed by atoms with Crippen LogP contribution in [0.3, 0.4) is 0 Å². The molecule has 1 amide bonds. The first-order valence-electron chi connectivity index (χ1n) is 9.43. The summed E-state index contributed by atoms with van der Waals surface area (Å²) in [7, 11) is 0. The van der Waals surface area contributed by atoms with Crippen LogP contribution in [-0.4, -0.2) is 20.9 Å². The number of nitrogens with one attached hydrogen (secondary N) is 2. The number of rotatable bonds is 4. The minimum atomic E-state index is -0.397. The fourth-order valence-electron chi connectivity index (χ4n) is 3.25. The minimum Gasteiger partial charge on any atom is -0.459 e. The summed E-state index contributed by atoms with van der Waals surface area (Å²) in [6, 6.07) is 12.8. The maximum atomic E-state index is 12.8. The number of thiophene rings is 1. The van der Waals surface area contributed by atoms with Gasteiger partial charge in [-0.1, -0.05) is 41.7 Å². The van der Waals surface area contributed by atoms with Crippen molar-refractivity contribution in [3.05, 3.63) is 75.3 Å². The maximum Gasteiger partial charge on any atom is 0.293 e.